The predicted molar refractivity (Wildman–Crippen MR) is 152 cm³/mol. The average Bonchev–Trinajstić information content (AvgIpc) is 2.96. The fourth-order valence-electron chi connectivity index (χ4n) is 5.13. The van der Waals surface area contributed by atoms with Gasteiger partial charge in [0, 0.05) is 60.9 Å². The lowest BCUT2D eigenvalue weighted by molar-refractivity contribution is -0.163. The number of ether oxygens (including phenoxy) is 1. The second-order valence-electron chi connectivity index (χ2n) is 10.3. The standard InChI is InChI=1S/C30H33F6N3O3S/c1-42-19-26(41)39-16-12-21(13-17-39)37-22-6-5-7-23(18-22)43-24-10-8-20(9-11-25(40)38-14-3-2-4-15-38)27(29(31,32)33)28(24)30(34,35)36/h2-3,5-11,18,21,26,37,41H,4,12-17,19H2,1H3/b11-9+. The molecule has 43 heavy (non-hydrogen) atoms. The molecule has 234 valence electrons. The van der Waals surface area contributed by atoms with Crippen LogP contribution in [0, 0.1) is 0 Å². The minimum Gasteiger partial charge on any atom is -0.382 e. The van der Waals surface area contributed by atoms with Gasteiger partial charge in [0.2, 0.25) is 5.91 Å². The molecule has 2 N–H and O–H groups in total. The number of alkyl halides is 6. The Hall–Kier alpha value is -3.00. The van der Waals surface area contributed by atoms with Gasteiger partial charge >= 0.3 is 12.4 Å². The molecule has 0 bridgehead atoms. The second kappa shape index (κ2) is 14.2. The highest BCUT2D eigenvalue weighted by molar-refractivity contribution is 7.99. The van der Waals surface area contributed by atoms with E-state index >= 15 is 0 Å². The number of nitrogens with zero attached hydrogens (tertiary/aromatic N) is 2. The molecule has 6 nitrogen and oxygen atoms in total. The van der Waals surface area contributed by atoms with Crippen LogP contribution < -0.4 is 5.32 Å². The number of halogens is 6. The monoisotopic (exact) mass is 629 g/mol. The van der Waals surface area contributed by atoms with E-state index in [-0.39, 0.29) is 19.2 Å². The first kappa shape index (κ1) is 32.9. The maximum atomic E-state index is 14.3. The molecule has 0 spiro atoms. The third kappa shape index (κ3) is 8.78. The van der Waals surface area contributed by atoms with E-state index in [9.17, 15) is 36.2 Å². The maximum Gasteiger partial charge on any atom is 0.418 e. The number of aliphatic hydroxyl groups excluding tert-OH is 1. The minimum atomic E-state index is -5.33. The Balaban J connectivity index is 1.56. The van der Waals surface area contributed by atoms with E-state index in [1.54, 1.807) is 24.3 Å². The number of amides is 1. The van der Waals surface area contributed by atoms with Crippen molar-refractivity contribution < 1.29 is 41.0 Å². The Kier molecular flexibility index (Phi) is 10.9. The molecule has 0 radical (unpaired) electrons. The average molecular weight is 630 g/mol. The number of methoxy groups -OCH3 is 1. The number of carbonyl (C=O) groups excluding carboxylic acids is 1. The summed E-state index contributed by atoms with van der Waals surface area (Å²) < 4.78 is 90.4. The molecule has 4 rings (SSSR count). The van der Waals surface area contributed by atoms with E-state index < -0.39 is 46.1 Å². The molecule has 2 aromatic carbocycles. The van der Waals surface area contributed by atoms with Crippen LogP contribution in [0.15, 0.2) is 64.4 Å². The van der Waals surface area contributed by atoms with Gasteiger partial charge in [0.1, 0.15) is 6.23 Å². The third-order valence-electron chi connectivity index (χ3n) is 7.24. The molecule has 1 saturated heterocycles. The van der Waals surface area contributed by atoms with Gasteiger partial charge in [0.05, 0.1) is 17.7 Å². The van der Waals surface area contributed by atoms with Gasteiger partial charge in [0.15, 0.2) is 0 Å². The number of carbonyl (C=O) groups is 1. The fourth-order valence-corrected chi connectivity index (χ4v) is 6.17. The summed E-state index contributed by atoms with van der Waals surface area (Å²) in [5.41, 5.74) is -3.73. The van der Waals surface area contributed by atoms with Gasteiger partial charge in [-0.05, 0) is 55.2 Å². The summed E-state index contributed by atoms with van der Waals surface area (Å²) in [4.78, 5) is 15.5. The number of hydrogen-bond acceptors (Lipinski definition) is 6. The number of hydrogen-bond donors (Lipinski definition) is 2. The summed E-state index contributed by atoms with van der Waals surface area (Å²) in [5.74, 6) is -0.578. The highest BCUT2D eigenvalue weighted by Gasteiger charge is 2.46. The van der Waals surface area contributed by atoms with Crippen molar-refractivity contribution in [2.24, 2.45) is 0 Å². The molecular formula is C30H33F6N3O3S. The SMILES string of the molecule is COCC(O)N1CCC(Nc2cccc(Sc3ccc(/C=C/C(=O)N4CC=CCC4)c(C(F)(F)F)c3C(F)(F)F)c2)CC1. The molecule has 0 saturated carbocycles. The lowest BCUT2D eigenvalue weighted by Crippen LogP contribution is -2.46. The summed E-state index contributed by atoms with van der Waals surface area (Å²) in [6.07, 6.45) is -4.04. The second-order valence-corrected chi connectivity index (χ2v) is 11.4. The fraction of sp³-hybridized carbons (Fsp3) is 0.433. The van der Waals surface area contributed by atoms with Gasteiger partial charge in [-0.15, -0.1) is 0 Å². The molecule has 0 aromatic heterocycles. The Morgan fingerprint density at radius 3 is 2.42 bits per heavy atom. The largest absolute Gasteiger partial charge is 0.418 e. The molecular weight excluding hydrogens is 596 g/mol. The molecule has 2 aliphatic heterocycles. The van der Waals surface area contributed by atoms with Crippen LogP contribution in [0.25, 0.3) is 6.08 Å². The Morgan fingerprint density at radius 2 is 1.79 bits per heavy atom. The number of aliphatic hydroxyl groups is 1. The lowest BCUT2D eigenvalue weighted by atomic mass is 9.99. The summed E-state index contributed by atoms with van der Waals surface area (Å²) in [7, 11) is 1.51. The van der Waals surface area contributed by atoms with Gasteiger partial charge in [0.25, 0.3) is 0 Å². The molecule has 1 atom stereocenters. The molecule has 13 heteroatoms. The molecule has 1 amide bonds. The van der Waals surface area contributed by atoms with Crippen LogP contribution in [0.4, 0.5) is 32.0 Å². The van der Waals surface area contributed by atoms with Gasteiger partial charge in [-0.2, -0.15) is 26.3 Å². The van der Waals surface area contributed by atoms with Crippen molar-refractivity contribution in [2.45, 2.75) is 53.7 Å². The van der Waals surface area contributed by atoms with Crippen molar-refractivity contribution >= 4 is 29.4 Å². The predicted octanol–water partition coefficient (Wildman–Crippen LogP) is 6.52. The third-order valence-corrected chi connectivity index (χ3v) is 8.29. The number of anilines is 1. The van der Waals surface area contributed by atoms with Crippen molar-refractivity contribution in [3.63, 3.8) is 0 Å². The van der Waals surface area contributed by atoms with E-state index in [0.29, 0.717) is 61.2 Å². The smallest absolute Gasteiger partial charge is 0.382 e. The van der Waals surface area contributed by atoms with Crippen LogP contribution in [-0.2, 0) is 21.9 Å². The van der Waals surface area contributed by atoms with Crippen LogP contribution in [0.3, 0.4) is 0 Å². The first-order valence-corrected chi connectivity index (χ1v) is 14.6. The normalized spacial score (nSPS) is 17.9. The number of rotatable bonds is 9. The van der Waals surface area contributed by atoms with E-state index in [1.165, 1.54) is 18.1 Å². The Labute approximate surface area is 250 Å². The highest BCUT2D eigenvalue weighted by Crippen LogP contribution is 2.48. The summed E-state index contributed by atoms with van der Waals surface area (Å²) in [6.45, 7) is 2.09. The quantitative estimate of drug-likeness (QED) is 0.187. The first-order valence-electron chi connectivity index (χ1n) is 13.8. The van der Waals surface area contributed by atoms with Crippen molar-refractivity contribution in [3.8, 4) is 0 Å². The number of likely N-dealkylation sites (tertiary alicyclic amines) is 1. The van der Waals surface area contributed by atoms with Crippen LogP contribution in [0.5, 0.6) is 0 Å². The number of benzene rings is 2. The zero-order chi connectivity index (χ0) is 31.2. The number of nitrogens with one attached hydrogen (secondary N) is 1. The Bertz CT molecular complexity index is 1320. The lowest BCUT2D eigenvalue weighted by Gasteiger charge is -2.35. The van der Waals surface area contributed by atoms with E-state index in [2.05, 4.69) is 5.32 Å². The van der Waals surface area contributed by atoms with Crippen molar-refractivity contribution in [1.82, 2.24) is 9.80 Å². The topological polar surface area (TPSA) is 65.0 Å². The zero-order valence-electron chi connectivity index (χ0n) is 23.4. The summed E-state index contributed by atoms with van der Waals surface area (Å²) in [6, 6.07) is 8.52. The van der Waals surface area contributed by atoms with Gasteiger partial charge < -0.3 is 20.1 Å². The summed E-state index contributed by atoms with van der Waals surface area (Å²) >= 11 is 0.591. The van der Waals surface area contributed by atoms with E-state index in [0.717, 1.165) is 24.3 Å². The Morgan fingerprint density at radius 1 is 1.07 bits per heavy atom. The van der Waals surface area contributed by atoms with Crippen molar-refractivity contribution in [1.29, 1.82) is 0 Å². The van der Waals surface area contributed by atoms with Crippen LogP contribution in [-0.4, -0.2) is 73.0 Å². The maximum absolute atomic E-state index is 14.3. The minimum absolute atomic E-state index is 0.0450. The molecule has 1 unspecified atom stereocenters. The zero-order valence-corrected chi connectivity index (χ0v) is 24.2. The van der Waals surface area contributed by atoms with Crippen molar-refractivity contribution in [3.05, 3.63) is 71.3 Å². The van der Waals surface area contributed by atoms with Crippen LogP contribution >= 0.6 is 11.8 Å². The molecule has 2 aromatic rings. The van der Waals surface area contributed by atoms with Crippen LogP contribution in [0.2, 0.25) is 0 Å². The molecule has 0 aliphatic carbocycles. The highest BCUT2D eigenvalue weighted by atomic mass is 32.2. The summed E-state index contributed by atoms with van der Waals surface area (Å²) in [5, 5.41) is 13.4. The van der Waals surface area contributed by atoms with Crippen molar-refractivity contribution in [2.75, 3.05) is 45.2 Å². The van der Waals surface area contributed by atoms with E-state index in [4.69, 9.17) is 4.74 Å². The van der Waals surface area contributed by atoms with Crippen LogP contribution in [0.1, 0.15) is 36.0 Å². The number of piperidine rings is 1. The molecule has 2 aliphatic rings. The first-order chi connectivity index (χ1) is 20.4. The van der Waals surface area contributed by atoms with Gasteiger partial charge in [-0.25, -0.2) is 0 Å². The molecule has 2 heterocycles. The molecule has 1 fully saturated rings. The van der Waals surface area contributed by atoms with E-state index in [1.807, 2.05) is 11.0 Å². The van der Waals surface area contributed by atoms with Gasteiger partial charge in [-0.1, -0.05) is 36.0 Å². The van der Waals surface area contributed by atoms with Gasteiger partial charge in [-0.3, -0.25) is 9.69 Å².